The molecule has 2 aromatic heterocycles. The van der Waals surface area contributed by atoms with Gasteiger partial charge in [-0.05, 0) is 30.3 Å². The summed E-state index contributed by atoms with van der Waals surface area (Å²) in [4.78, 5) is 27.8. The van der Waals surface area contributed by atoms with Gasteiger partial charge in [-0.1, -0.05) is 23.7 Å². The lowest BCUT2D eigenvalue weighted by molar-refractivity contribution is -0.119. The molecule has 0 fully saturated rings. The number of pyridine rings is 1. The molecule has 1 aromatic carbocycles. The number of halogens is 1. The van der Waals surface area contributed by atoms with Crippen molar-refractivity contribution in [3.63, 3.8) is 0 Å². The van der Waals surface area contributed by atoms with Crippen LogP contribution < -0.4 is 5.32 Å². The van der Waals surface area contributed by atoms with Crippen LogP contribution in [0, 0.1) is 0 Å². The molecule has 0 spiro atoms. The van der Waals surface area contributed by atoms with E-state index < -0.39 is 18.5 Å². The van der Waals surface area contributed by atoms with Crippen molar-refractivity contribution in [2.75, 3.05) is 11.9 Å². The van der Waals surface area contributed by atoms with E-state index in [2.05, 4.69) is 10.3 Å². The first-order valence-electron chi connectivity index (χ1n) is 6.78. The van der Waals surface area contributed by atoms with Gasteiger partial charge in [0.25, 0.3) is 5.91 Å². The Balaban J connectivity index is 1.59. The molecule has 7 heteroatoms. The van der Waals surface area contributed by atoms with Gasteiger partial charge in [0.15, 0.2) is 12.3 Å². The van der Waals surface area contributed by atoms with E-state index in [4.69, 9.17) is 16.3 Å². The molecule has 116 valence electrons. The number of aromatic nitrogens is 2. The number of nitrogens with zero attached hydrogens (tertiary/aromatic N) is 2. The number of imidazole rings is 1. The van der Waals surface area contributed by atoms with Gasteiger partial charge in [-0.2, -0.15) is 0 Å². The maximum atomic E-state index is 11.9. The molecule has 1 amide bonds. The van der Waals surface area contributed by atoms with Crippen molar-refractivity contribution >= 4 is 34.8 Å². The molecule has 23 heavy (non-hydrogen) atoms. The highest BCUT2D eigenvalue weighted by molar-refractivity contribution is 6.30. The lowest BCUT2D eigenvalue weighted by Crippen LogP contribution is -2.21. The average Bonchev–Trinajstić information content (AvgIpc) is 2.97. The van der Waals surface area contributed by atoms with Gasteiger partial charge in [0.2, 0.25) is 0 Å². The Labute approximate surface area is 136 Å². The van der Waals surface area contributed by atoms with E-state index in [-0.39, 0.29) is 5.69 Å². The van der Waals surface area contributed by atoms with E-state index in [1.54, 1.807) is 47.1 Å². The van der Waals surface area contributed by atoms with Crippen LogP contribution in [0.15, 0.2) is 54.9 Å². The van der Waals surface area contributed by atoms with E-state index >= 15 is 0 Å². The number of hydrogen-bond donors (Lipinski definition) is 1. The van der Waals surface area contributed by atoms with Gasteiger partial charge in [0.1, 0.15) is 5.65 Å². The number of rotatable bonds is 4. The number of ether oxygens (including phenoxy) is 1. The number of nitrogens with one attached hydrogen (secondary N) is 1. The van der Waals surface area contributed by atoms with E-state index in [1.807, 2.05) is 12.1 Å². The van der Waals surface area contributed by atoms with Gasteiger partial charge in [-0.3, -0.25) is 4.79 Å². The van der Waals surface area contributed by atoms with Crippen LogP contribution in [0.25, 0.3) is 5.65 Å². The Morgan fingerprint density at radius 2 is 2.09 bits per heavy atom. The number of anilines is 1. The van der Waals surface area contributed by atoms with E-state index in [0.717, 1.165) is 0 Å². The quantitative estimate of drug-likeness (QED) is 0.747. The summed E-state index contributed by atoms with van der Waals surface area (Å²) in [6.07, 6.45) is 3.32. The summed E-state index contributed by atoms with van der Waals surface area (Å²) >= 11 is 5.83. The van der Waals surface area contributed by atoms with Crippen molar-refractivity contribution in [3.8, 4) is 0 Å². The zero-order valence-electron chi connectivity index (χ0n) is 11.9. The molecule has 0 saturated carbocycles. The molecular weight excluding hydrogens is 318 g/mol. The first-order chi connectivity index (χ1) is 11.1. The minimum absolute atomic E-state index is 0.145. The van der Waals surface area contributed by atoms with Gasteiger partial charge in [0.05, 0.1) is 0 Å². The smallest absolute Gasteiger partial charge is 0.359 e. The Morgan fingerprint density at radius 1 is 1.22 bits per heavy atom. The molecule has 0 aliphatic heterocycles. The molecule has 6 nitrogen and oxygen atoms in total. The van der Waals surface area contributed by atoms with Crippen LogP contribution in [0.3, 0.4) is 0 Å². The molecule has 0 saturated heterocycles. The summed E-state index contributed by atoms with van der Waals surface area (Å²) in [5, 5.41) is 3.09. The number of carbonyl (C=O) groups excluding carboxylic acids is 2. The Kier molecular flexibility index (Phi) is 4.25. The topological polar surface area (TPSA) is 72.7 Å². The first-order valence-corrected chi connectivity index (χ1v) is 7.16. The maximum absolute atomic E-state index is 11.9. The van der Waals surface area contributed by atoms with Crippen LogP contribution >= 0.6 is 11.6 Å². The fourth-order valence-corrected chi connectivity index (χ4v) is 2.19. The summed E-state index contributed by atoms with van der Waals surface area (Å²) in [7, 11) is 0. The highest BCUT2D eigenvalue weighted by Crippen LogP contribution is 2.14. The Morgan fingerprint density at radius 3 is 2.87 bits per heavy atom. The number of fused-ring (bicyclic) bond motifs is 1. The molecule has 0 atom stereocenters. The highest BCUT2D eigenvalue weighted by atomic mass is 35.5. The number of benzene rings is 1. The summed E-state index contributed by atoms with van der Waals surface area (Å²) in [6, 6.07) is 12.1. The molecule has 2 heterocycles. The first kappa shape index (κ1) is 15.1. The molecular formula is C16H12ClN3O3. The van der Waals surface area contributed by atoms with Crippen molar-refractivity contribution < 1.29 is 14.3 Å². The van der Waals surface area contributed by atoms with E-state index in [1.165, 1.54) is 0 Å². The maximum Gasteiger partial charge on any atom is 0.359 e. The number of amides is 1. The predicted molar refractivity (Wildman–Crippen MR) is 85.6 cm³/mol. The third-order valence-corrected chi connectivity index (χ3v) is 3.25. The van der Waals surface area contributed by atoms with Crippen LogP contribution in [0.4, 0.5) is 5.69 Å². The molecule has 0 aliphatic rings. The highest BCUT2D eigenvalue weighted by Gasteiger charge is 2.14. The summed E-state index contributed by atoms with van der Waals surface area (Å²) in [5.74, 6) is -1.11. The Bertz CT molecular complexity index is 843. The van der Waals surface area contributed by atoms with Gasteiger partial charge in [-0.25, -0.2) is 9.78 Å². The zero-order chi connectivity index (χ0) is 16.2. The molecule has 3 rings (SSSR count). The molecule has 0 radical (unpaired) electrons. The molecule has 3 aromatic rings. The van der Waals surface area contributed by atoms with Crippen molar-refractivity contribution in [3.05, 3.63) is 65.6 Å². The third kappa shape index (κ3) is 3.67. The zero-order valence-corrected chi connectivity index (χ0v) is 12.7. The van der Waals surface area contributed by atoms with Crippen molar-refractivity contribution in [2.24, 2.45) is 0 Å². The van der Waals surface area contributed by atoms with Crippen molar-refractivity contribution in [1.82, 2.24) is 9.38 Å². The lowest BCUT2D eigenvalue weighted by atomic mass is 10.3. The second kappa shape index (κ2) is 6.50. The van der Waals surface area contributed by atoms with Crippen molar-refractivity contribution in [1.29, 1.82) is 0 Å². The lowest BCUT2D eigenvalue weighted by Gasteiger charge is -2.05. The second-order valence-electron chi connectivity index (χ2n) is 4.73. The van der Waals surface area contributed by atoms with Gasteiger partial charge in [-0.15, -0.1) is 0 Å². The molecule has 0 bridgehead atoms. The van der Waals surface area contributed by atoms with Crippen LogP contribution in [0.2, 0.25) is 5.02 Å². The summed E-state index contributed by atoms with van der Waals surface area (Å²) in [6.45, 7) is -0.404. The SMILES string of the molecule is O=C(COC(=O)c1cn2ccccc2n1)Nc1cccc(Cl)c1. The van der Waals surface area contributed by atoms with Crippen LogP contribution in [-0.2, 0) is 9.53 Å². The van der Waals surface area contributed by atoms with E-state index in [0.29, 0.717) is 16.4 Å². The monoisotopic (exact) mass is 329 g/mol. The minimum atomic E-state index is -0.657. The Hall–Kier alpha value is -2.86. The van der Waals surface area contributed by atoms with Crippen LogP contribution in [0.5, 0.6) is 0 Å². The molecule has 0 unspecified atom stereocenters. The van der Waals surface area contributed by atoms with Crippen LogP contribution in [0.1, 0.15) is 10.5 Å². The number of esters is 1. The predicted octanol–water partition coefficient (Wildman–Crippen LogP) is 2.78. The van der Waals surface area contributed by atoms with E-state index in [9.17, 15) is 9.59 Å². The van der Waals surface area contributed by atoms with Gasteiger partial charge < -0.3 is 14.5 Å². The molecule has 0 aliphatic carbocycles. The largest absolute Gasteiger partial charge is 0.451 e. The minimum Gasteiger partial charge on any atom is -0.451 e. The fourth-order valence-electron chi connectivity index (χ4n) is 2.00. The molecule has 1 N–H and O–H groups in total. The van der Waals surface area contributed by atoms with Gasteiger partial charge in [0, 0.05) is 23.1 Å². The number of carbonyl (C=O) groups is 2. The normalized spacial score (nSPS) is 10.5. The third-order valence-electron chi connectivity index (χ3n) is 3.02. The summed E-state index contributed by atoms with van der Waals surface area (Å²) < 4.78 is 6.66. The van der Waals surface area contributed by atoms with Crippen LogP contribution in [-0.4, -0.2) is 27.9 Å². The van der Waals surface area contributed by atoms with Crippen molar-refractivity contribution in [2.45, 2.75) is 0 Å². The fraction of sp³-hybridized carbons (Fsp3) is 0.0625. The summed E-state index contributed by atoms with van der Waals surface area (Å²) in [5.41, 5.74) is 1.31. The standard InChI is InChI=1S/C16H12ClN3O3/c17-11-4-3-5-12(8-11)18-15(21)10-23-16(22)13-9-20-7-2-1-6-14(20)19-13/h1-9H,10H2,(H,18,21). The van der Waals surface area contributed by atoms with Gasteiger partial charge >= 0.3 is 5.97 Å². The average molecular weight is 330 g/mol. The second-order valence-corrected chi connectivity index (χ2v) is 5.16. The number of hydrogen-bond acceptors (Lipinski definition) is 4.